The third kappa shape index (κ3) is 3.74. The molecule has 0 bridgehead atoms. The highest BCUT2D eigenvalue weighted by atomic mass is 19.1. The Morgan fingerprint density at radius 2 is 2.03 bits per heavy atom. The van der Waals surface area contributed by atoms with Crippen LogP contribution in [0, 0.1) is 18.7 Å². The van der Waals surface area contributed by atoms with Gasteiger partial charge >= 0.3 is 0 Å². The van der Waals surface area contributed by atoms with Crippen molar-refractivity contribution in [1.29, 1.82) is 0 Å². The molecule has 1 aliphatic carbocycles. The number of Topliss-reactive ketones (excluding diaryl/α,β-unsaturated/α-hetero) is 1. The Morgan fingerprint density at radius 3 is 2.62 bits per heavy atom. The van der Waals surface area contributed by atoms with Gasteiger partial charge in [-0.05, 0) is 56.7 Å². The van der Waals surface area contributed by atoms with E-state index in [9.17, 15) is 18.8 Å². The van der Waals surface area contributed by atoms with Crippen molar-refractivity contribution < 1.29 is 18.8 Å². The number of hydrogen-bond acceptors (Lipinski definition) is 4. The van der Waals surface area contributed by atoms with Crippen LogP contribution in [0.2, 0.25) is 0 Å². The van der Waals surface area contributed by atoms with Crippen LogP contribution in [-0.2, 0) is 14.4 Å². The lowest BCUT2D eigenvalue weighted by Crippen LogP contribution is -2.54. The minimum Gasteiger partial charge on any atom is -0.365 e. The maximum atomic E-state index is 13.9. The summed E-state index contributed by atoms with van der Waals surface area (Å²) in [5.41, 5.74) is 0.632. The Hall–Kier alpha value is -2.44. The van der Waals surface area contributed by atoms with Crippen LogP contribution in [0.15, 0.2) is 18.2 Å². The van der Waals surface area contributed by atoms with Crippen molar-refractivity contribution in [3.8, 4) is 0 Å². The summed E-state index contributed by atoms with van der Waals surface area (Å²) in [6, 6.07) is 5.32. The number of aryl methyl sites for hydroxylation is 1. The number of piperazine rings is 1. The Morgan fingerprint density at radius 1 is 1.28 bits per heavy atom. The molecule has 2 heterocycles. The molecule has 7 heteroatoms. The first-order valence-corrected chi connectivity index (χ1v) is 10.4. The third-order valence-electron chi connectivity index (χ3n) is 6.66. The molecule has 1 N–H and O–H groups in total. The largest absolute Gasteiger partial charge is 0.365 e. The van der Waals surface area contributed by atoms with Crippen LogP contribution in [0.3, 0.4) is 0 Å². The second-order valence-electron chi connectivity index (χ2n) is 8.71. The first-order valence-electron chi connectivity index (χ1n) is 10.4. The molecule has 3 aliphatic rings. The van der Waals surface area contributed by atoms with Gasteiger partial charge in [0.05, 0.1) is 6.42 Å². The lowest BCUT2D eigenvalue weighted by molar-refractivity contribution is -0.133. The molecule has 2 aliphatic heterocycles. The molecule has 29 heavy (non-hydrogen) atoms. The number of nitrogens with one attached hydrogen (secondary N) is 1. The maximum absolute atomic E-state index is 13.9. The van der Waals surface area contributed by atoms with Crippen molar-refractivity contribution in [2.45, 2.75) is 57.5 Å². The first-order chi connectivity index (χ1) is 13.8. The zero-order valence-electron chi connectivity index (χ0n) is 17.0. The Balaban J connectivity index is 1.36. The monoisotopic (exact) mass is 401 g/mol. The van der Waals surface area contributed by atoms with E-state index < -0.39 is 5.54 Å². The molecule has 0 spiro atoms. The predicted octanol–water partition coefficient (Wildman–Crippen LogP) is 2.19. The van der Waals surface area contributed by atoms with Crippen LogP contribution in [0.1, 0.15) is 44.6 Å². The summed E-state index contributed by atoms with van der Waals surface area (Å²) in [7, 11) is 0. The van der Waals surface area contributed by atoms with Crippen molar-refractivity contribution >= 4 is 23.3 Å². The first kappa shape index (κ1) is 19.9. The summed E-state index contributed by atoms with van der Waals surface area (Å²) < 4.78 is 13.9. The molecule has 2 atom stereocenters. The molecule has 1 saturated carbocycles. The Kier molecular flexibility index (Phi) is 5.09. The predicted molar refractivity (Wildman–Crippen MR) is 107 cm³/mol. The number of ketones is 1. The van der Waals surface area contributed by atoms with Gasteiger partial charge in [0.15, 0.2) is 5.78 Å². The average Bonchev–Trinajstić information content (AvgIpc) is 3.48. The van der Waals surface area contributed by atoms with Gasteiger partial charge in [0.2, 0.25) is 11.8 Å². The van der Waals surface area contributed by atoms with E-state index in [1.807, 2.05) is 17.9 Å². The van der Waals surface area contributed by atoms with Gasteiger partial charge in [-0.3, -0.25) is 14.4 Å². The van der Waals surface area contributed by atoms with Gasteiger partial charge in [0, 0.05) is 37.8 Å². The van der Waals surface area contributed by atoms with Gasteiger partial charge in [-0.25, -0.2) is 4.39 Å². The average molecular weight is 401 g/mol. The minimum atomic E-state index is -0.820. The van der Waals surface area contributed by atoms with Gasteiger partial charge in [-0.1, -0.05) is 6.07 Å². The van der Waals surface area contributed by atoms with Crippen LogP contribution in [-0.4, -0.2) is 53.7 Å². The van der Waals surface area contributed by atoms with Crippen molar-refractivity contribution in [2.75, 3.05) is 24.5 Å². The molecular weight excluding hydrogens is 373 g/mol. The summed E-state index contributed by atoms with van der Waals surface area (Å²) >= 11 is 0. The van der Waals surface area contributed by atoms with Crippen molar-refractivity contribution in [3.63, 3.8) is 0 Å². The second-order valence-corrected chi connectivity index (χ2v) is 8.71. The van der Waals surface area contributed by atoms with Gasteiger partial charge in [0.1, 0.15) is 11.4 Å². The fraction of sp³-hybridized carbons (Fsp3) is 0.591. The number of benzene rings is 1. The lowest BCUT2D eigenvalue weighted by atomic mass is 9.85. The SMILES string of the molecule is Cc1ccc(N2CCN(C(=O)CCC3(C4CC4)NC(=O)CC3=O)C[C@@H]2C)cc1F. The number of hydrogen-bond donors (Lipinski definition) is 1. The minimum absolute atomic E-state index is 0.0144. The van der Waals surface area contributed by atoms with E-state index in [1.54, 1.807) is 19.1 Å². The molecular formula is C22H28FN3O3. The molecule has 3 fully saturated rings. The summed E-state index contributed by atoms with van der Waals surface area (Å²) in [5.74, 6) is -0.303. The number of carbonyl (C=O) groups is 3. The third-order valence-corrected chi connectivity index (χ3v) is 6.66. The molecule has 156 valence electrons. The van der Waals surface area contributed by atoms with E-state index in [2.05, 4.69) is 10.2 Å². The molecule has 1 unspecified atom stereocenters. The maximum Gasteiger partial charge on any atom is 0.228 e. The lowest BCUT2D eigenvalue weighted by Gasteiger charge is -2.41. The fourth-order valence-electron chi connectivity index (χ4n) is 4.77. The van der Waals surface area contributed by atoms with Crippen LogP contribution in [0.5, 0.6) is 0 Å². The van der Waals surface area contributed by atoms with E-state index in [-0.39, 0.29) is 48.2 Å². The van der Waals surface area contributed by atoms with E-state index in [1.165, 1.54) is 0 Å². The molecule has 4 rings (SSSR count). The Labute approximate surface area is 170 Å². The van der Waals surface area contributed by atoms with Crippen LogP contribution < -0.4 is 10.2 Å². The van der Waals surface area contributed by atoms with E-state index >= 15 is 0 Å². The van der Waals surface area contributed by atoms with Crippen molar-refractivity contribution in [1.82, 2.24) is 10.2 Å². The molecule has 2 amide bonds. The fourth-order valence-corrected chi connectivity index (χ4v) is 4.77. The van der Waals surface area contributed by atoms with E-state index in [0.717, 1.165) is 18.5 Å². The smallest absolute Gasteiger partial charge is 0.228 e. The summed E-state index contributed by atoms with van der Waals surface area (Å²) in [6.07, 6.45) is 2.45. The number of halogens is 1. The van der Waals surface area contributed by atoms with E-state index in [4.69, 9.17) is 0 Å². The standard InChI is InChI=1S/C22H28FN3O3/c1-14-3-6-17(11-18(14)23)26-10-9-25(13-15(26)2)21(29)7-8-22(16-4-5-16)19(27)12-20(28)24-22/h3,6,11,15-16H,4-5,7-10,12-13H2,1-2H3,(H,24,28)/t15-,22?/m0/s1. The Bertz CT molecular complexity index is 854. The number of amides is 2. The van der Waals surface area contributed by atoms with Gasteiger partial charge < -0.3 is 15.1 Å². The zero-order valence-corrected chi connectivity index (χ0v) is 17.0. The van der Waals surface area contributed by atoms with Gasteiger partial charge in [-0.15, -0.1) is 0 Å². The zero-order chi connectivity index (χ0) is 20.8. The van der Waals surface area contributed by atoms with Crippen molar-refractivity contribution in [3.05, 3.63) is 29.6 Å². The highest BCUT2D eigenvalue weighted by Crippen LogP contribution is 2.45. The molecule has 1 aromatic carbocycles. The number of rotatable bonds is 5. The summed E-state index contributed by atoms with van der Waals surface area (Å²) in [4.78, 5) is 41.0. The van der Waals surface area contributed by atoms with Crippen LogP contribution in [0.4, 0.5) is 10.1 Å². The normalized spacial score (nSPS) is 27.3. The van der Waals surface area contributed by atoms with Gasteiger partial charge in [-0.2, -0.15) is 0 Å². The van der Waals surface area contributed by atoms with Crippen LogP contribution in [0.25, 0.3) is 0 Å². The quantitative estimate of drug-likeness (QED) is 0.768. The molecule has 6 nitrogen and oxygen atoms in total. The topological polar surface area (TPSA) is 69.7 Å². The highest BCUT2D eigenvalue weighted by Gasteiger charge is 2.55. The summed E-state index contributed by atoms with van der Waals surface area (Å²) in [5, 5.41) is 2.88. The molecule has 0 aromatic heterocycles. The number of nitrogens with zero attached hydrogens (tertiary/aromatic N) is 2. The number of carbonyl (C=O) groups excluding carboxylic acids is 3. The van der Waals surface area contributed by atoms with E-state index in [0.29, 0.717) is 31.6 Å². The van der Waals surface area contributed by atoms with Crippen LogP contribution >= 0.6 is 0 Å². The van der Waals surface area contributed by atoms with Gasteiger partial charge in [0.25, 0.3) is 0 Å². The molecule has 0 radical (unpaired) electrons. The number of anilines is 1. The second kappa shape index (κ2) is 7.43. The molecule has 2 saturated heterocycles. The molecule has 1 aromatic rings. The summed E-state index contributed by atoms with van der Waals surface area (Å²) in [6.45, 7) is 5.54. The highest BCUT2D eigenvalue weighted by molar-refractivity contribution is 6.10. The van der Waals surface area contributed by atoms with Crippen molar-refractivity contribution in [2.24, 2.45) is 5.92 Å².